The zero-order valence-corrected chi connectivity index (χ0v) is 13.1. The van der Waals surface area contributed by atoms with Gasteiger partial charge in [-0.3, -0.25) is 4.79 Å². The van der Waals surface area contributed by atoms with E-state index in [4.69, 9.17) is 5.73 Å². The van der Waals surface area contributed by atoms with E-state index >= 15 is 0 Å². The smallest absolute Gasteiger partial charge is 0.137 e. The molecule has 1 unspecified atom stereocenters. The highest BCUT2D eigenvalue weighted by Crippen LogP contribution is 2.26. The molecule has 0 amide bonds. The Balaban J connectivity index is 2.00. The predicted octanol–water partition coefficient (Wildman–Crippen LogP) is 4.02. The topological polar surface area (TPSA) is 43.1 Å². The number of thiophene rings is 1. The molecule has 0 fully saturated rings. The molecule has 20 heavy (non-hydrogen) atoms. The van der Waals surface area contributed by atoms with Crippen LogP contribution in [0, 0.1) is 11.8 Å². The summed E-state index contributed by atoms with van der Waals surface area (Å²) in [4.78, 5) is 12.3. The summed E-state index contributed by atoms with van der Waals surface area (Å²) in [5, 5.41) is 3.33. The number of carbonyl (C=O) groups is 1. The van der Waals surface area contributed by atoms with Gasteiger partial charge in [0.05, 0.1) is 0 Å². The van der Waals surface area contributed by atoms with E-state index in [1.165, 1.54) is 10.1 Å². The Morgan fingerprint density at radius 2 is 2.05 bits per heavy atom. The lowest BCUT2D eigenvalue weighted by Gasteiger charge is -2.16. The fourth-order valence-electron chi connectivity index (χ4n) is 2.71. The molecule has 1 atom stereocenters. The van der Waals surface area contributed by atoms with E-state index in [9.17, 15) is 4.79 Å². The Labute approximate surface area is 125 Å². The fraction of sp³-hybridized carbons (Fsp3) is 0.471. The SMILES string of the molecule is CC(C)CC(CN)CC(=O)Cc1csc2ccccc12. The lowest BCUT2D eigenvalue weighted by molar-refractivity contribution is -0.119. The second-order valence-electron chi connectivity index (χ2n) is 5.91. The van der Waals surface area contributed by atoms with Crippen LogP contribution in [0.25, 0.3) is 10.1 Å². The molecular formula is C17H23NOS. The van der Waals surface area contributed by atoms with Crippen molar-refractivity contribution in [1.29, 1.82) is 0 Å². The molecule has 2 rings (SSSR count). The van der Waals surface area contributed by atoms with Gasteiger partial charge in [0.15, 0.2) is 0 Å². The fourth-order valence-corrected chi connectivity index (χ4v) is 3.67. The average Bonchev–Trinajstić information content (AvgIpc) is 2.81. The Morgan fingerprint density at radius 1 is 1.30 bits per heavy atom. The molecule has 2 N–H and O–H groups in total. The van der Waals surface area contributed by atoms with Crippen molar-refractivity contribution < 1.29 is 4.79 Å². The summed E-state index contributed by atoms with van der Waals surface area (Å²) in [5.74, 6) is 1.23. The van der Waals surface area contributed by atoms with Crippen LogP contribution >= 0.6 is 11.3 Å². The number of nitrogens with two attached hydrogens (primary N) is 1. The van der Waals surface area contributed by atoms with Crippen molar-refractivity contribution in [3.05, 3.63) is 35.2 Å². The summed E-state index contributed by atoms with van der Waals surface area (Å²) in [6.45, 7) is 4.97. The quantitative estimate of drug-likeness (QED) is 0.836. The number of rotatable bonds is 7. The van der Waals surface area contributed by atoms with E-state index < -0.39 is 0 Å². The maximum atomic E-state index is 12.3. The normalized spacial score (nSPS) is 13.0. The van der Waals surface area contributed by atoms with Gasteiger partial charge in [0.2, 0.25) is 0 Å². The summed E-state index contributed by atoms with van der Waals surface area (Å²) < 4.78 is 1.26. The first kappa shape index (κ1) is 15.2. The van der Waals surface area contributed by atoms with Crippen LogP contribution in [0.1, 0.15) is 32.3 Å². The summed E-state index contributed by atoms with van der Waals surface area (Å²) in [7, 11) is 0. The first-order chi connectivity index (χ1) is 9.60. The molecule has 0 saturated heterocycles. The highest BCUT2D eigenvalue weighted by atomic mass is 32.1. The lowest BCUT2D eigenvalue weighted by atomic mass is 9.91. The molecule has 0 aliphatic rings. The van der Waals surface area contributed by atoms with E-state index in [0.717, 1.165) is 12.0 Å². The third-order valence-electron chi connectivity index (χ3n) is 3.60. The first-order valence-corrected chi connectivity index (χ1v) is 8.15. The zero-order chi connectivity index (χ0) is 14.5. The number of hydrogen-bond donors (Lipinski definition) is 1. The van der Waals surface area contributed by atoms with Gasteiger partial charge in [-0.1, -0.05) is 32.0 Å². The molecule has 2 nitrogen and oxygen atoms in total. The van der Waals surface area contributed by atoms with Gasteiger partial charge in [-0.05, 0) is 47.2 Å². The molecule has 0 spiro atoms. The molecule has 0 bridgehead atoms. The minimum absolute atomic E-state index is 0.310. The number of Topliss-reactive ketones (excluding diaryl/α,β-unsaturated/α-hetero) is 1. The van der Waals surface area contributed by atoms with Crippen molar-refractivity contribution in [2.75, 3.05) is 6.54 Å². The van der Waals surface area contributed by atoms with Crippen LogP contribution in [0.2, 0.25) is 0 Å². The number of ketones is 1. The summed E-state index contributed by atoms with van der Waals surface area (Å²) in [6, 6.07) is 8.28. The minimum Gasteiger partial charge on any atom is -0.330 e. The highest BCUT2D eigenvalue weighted by molar-refractivity contribution is 7.17. The standard InChI is InChI=1S/C17H23NOS/c1-12(2)7-13(10-18)8-15(19)9-14-11-20-17-6-4-3-5-16(14)17/h3-6,11-13H,7-10,18H2,1-2H3. The second kappa shape index (κ2) is 7.00. The van der Waals surface area contributed by atoms with Crippen molar-refractivity contribution in [2.45, 2.75) is 33.1 Å². The predicted molar refractivity (Wildman–Crippen MR) is 87.2 cm³/mol. The molecule has 1 aromatic heterocycles. The van der Waals surface area contributed by atoms with Crippen LogP contribution in [0.3, 0.4) is 0 Å². The van der Waals surface area contributed by atoms with Gasteiger partial charge in [-0.25, -0.2) is 0 Å². The van der Waals surface area contributed by atoms with Crippen LogP contribution in [-0.2, 0) is 11.2 Å². The highest BCUT2D eigenvalue weighted by Gasteiger charge is 2.15. The molecule has 0 radical (unpaired) electrons. The van der Waals surface area contributed by atoms with Crippen LogP contribution in [-0.4, -0.2) is 12.3 Å². The van der Waals surface area contributed by atoms with Gasteiger partial charge < -0.3 is 5.73 Å². The molecule has 0 aliphatic heterocycles. The largest absolute Gasteiger partial charge is 0.330 e. The molecule has 3 heteroatoms. The summed E-state index contributed by atoms with van der Waals surface area (Å²) in [6.07, 6.45) is 2.18. The van der Waals surface area contributed by atoms with Gasteiger partial charge in [0.1, 0.15) is 5.78 Å². The van der Waals surface area contributed by atoms with Crippen molar-refractivity contribution in [3.63, 3.8) is 0 Å². The van der Waals surface area contributed by atoms with E-state index in [1.807, 2.05) is 12.1 Å². The van der Waals surface area contributed by atoms with Gasteiger partial charge in [0.25, 0.3) is 0 Å². The molecule has 1 heterocycles. The Kier molecular flexibility index (Phi) is 5.32. The maximum absolute atomic E-state index is 12.3. The van der Waals surface area contributed by atoms with E-state index in [-0.39, 0.29) is 0 Å². The van der Waals surface area contributed by atoms with Crippen LogP contribution < -0.4 is 5.73 Å². The van der Waals surface area contributed by atoms with E-state index in [1.54, 1.807) is 11.3 Å². The van der Waals surface area contributed by atoms with Crippen LogP contribution in [0.4, 0.5) is 0 Å². The van der Waals surface area contributed by atoms with Crippen molar-refractivity contribution >= 4 is 27.2 Å². The van der Waals surface area contributed by atoms with Gasteiger partial charge in [-0.2, -0.15) is 0 Å². The van der Waals surface area contributed by atoms with Crippen molar-refractivity contribution in [1.82, 2.24) is 0 Å². The summed E-state index contributed by atoms with van der Waals surface area (Å²) >= 11 is 1.71. The Morgan fingerprint density at radius 3 is 2.75 bits per heavy atom. The van der Waals surface area contributed by atoms with Crippen LogP contribution in [0.15, 0.2) is 29.6 Å². The van der Waals surface area contributed by atoms with E-state index in [0.29, 0.717) is 37.0 Å². The molecule has 0 aliphatic carbocycles. The van der Waals surface area contributed by atoms with E-state index in [2.05, 4.69) is 31.4 Å². The molecule has 108 valence electrons. The van der Waals surface area contributed by atoms with Crippen molar-refractivity contribution in [3.8, 4) is 0 Å². The van der Waals surface area contributed by atoms with Gasteiger partial charge >= 0.3 is 0 Å². The third-order valence-corrected chi connectivity index (χ3v) is 4.62. The Bertz CT molecular complexity index is 573. The number of carbonyl (C=O) groups excluding carboxylic acids is 1. The first-order valence-electron chi connectivity index (χ1n) is 7.27. The third kappa shape index (κ3) is 3.90. The zero-order valence-electron chi connectivity index (χ0n) is 12.3. The monoisotopic (exact) mass is 289 g/mol. The molecule has 0 saturated carbocycles. The molecular weight excluding hydrogens is 266 g/mol. The summed E-state index contributed by atoms with van der Waals surface area (Å²) in [5.41, 5.74) is 6.95. The molecule has 1 aromatic carbocycles. The lowest BCUT2D eigenvalue weighted by Crippen LogP contribution is -2.20. The minimum atomic E-state index is 0.310. The number of hydrogen-bond acceptors (Lipinski definition) is 3. The van der Waals surface area contributed by atoms with Gasteiger partial charge in [-0.15, -0.1) is 11.3 Å². The number of fused-ring (bicyclic) bond motifs is 1. The number of benzene rings is 1. The maximum Gasteiger partial charge on any atom is 0.137 e. The average molecular weight is 289 g/mol. The van der Waals surface area contributed by atoms with Crippen molar-refractivity contribution in [2.24, 2.45) is 17.6 Å². The van der Waals surface area contributed by atoms with Crippen LogP contribution in [0.5, 0.6) is 0 Å². The second-order valence-corrected chi connectivity index (χ2v) is 6.82. The van der Waals surface area contributed by atoms with Gasteiger partial charge in [0, 0.05) is 17.5 Å². The Hall–Kier alpha value is -1.19. The molecule has 2 aromatic rings.